The van der Waals surface area contributed by atoms with Crippen molar-refractivity contribution in [1.82, 2.24) is 14.5 Å². The van der Waals surface area contributed by atoms with Crippen LogP contribution in [0.15, 0.2) is 53.6 Å². The van der Waals surface area contributed by atoms with Crippen LogP contribution in [-0.4, -0.2) is 47.3 Å². The van der Waals surface area contributed by atoms with Gasteiger partial charge >= 0.3 is 0 Å². The molecule has 1 aromatic carbocycles. The first-order chi connectivity index (χ1) is 19.4. The topological polar surface area (TPSA) is 63.5 Å². The molecule has 6 atom stereocenters. The largest absolute Gasteiger partial charge is 0.371 e. The number of ether oxygens (including phenoxy) is 1. The minimum atomic E-state index is -0.497. The van der Waals surface area contributed by atoms with Gasteiger partial charge in [-0.2, -0.15) is 0 Å². The van der Waals surface area contributed by atoms with E-state index in [1.807, 2.05) is 0 Å². The number of anilines is 2. The number of rotatable bonds is 5. The third-order valence-corrected chi connectivity index (χ3v) is 10.2. The Labute approximate surface area is 235 Å². The van der Waals surface area contributed by atoms with Crippen molar-refractivity contribution in [2.75, 3.05) is 36.5 Å². The Morgan fingerprint density at radius 2 is 1.82 bits per heavy atom. The minimum Gasteiger partial charge on any atom is -0.371 e. The summed E-state index contributed by atoms with van der Waals surface area (Å²) in [6.45, 7) is 1.68. The summed E-state index contributed by atoms with van der Waals surface area (Å²) in [6.07, 6.45) is 11.0. The molecule has 210 valence electrons. The second kappa shape index (κ2) is 10.3. The zero-order chi connectivity index (χ0) is 27.4. The van der Waals surface area contributed by atoms with E-state index in [9.17, 15) is 9.18 Å². The van der Waals surface area contributed by atoms with Gasteiger partial charge in [0.1, 0.15) is 6.10 Å². The van der Waals surface area contributed by atoms with Crippen molar-refractivity contribution in [3.63, 3.8) is 0 Å². The van der Waals surface area contributed by atoms with Crippen LogP contribution in [0.25, 0.3) is 11.3 Å². The lowest BCUT2D eigenvalue weighted by Gasteiger charge is -2.39. The van der Waals surface area contributed by atoms with Gasteiger partial charge in [-0.3, -0.25) is 14.3 Å². The third kappa shape index (κ3) is 4.60. The van der Waals surface area contributed by atoms with E-state index in [4.69, 9.17) is 9.72 Å². The van der Waals surface area contributed by atoms with Crippen LogP contribution in [-0.2, 0) is 11.8 Å². The summed E-state index contributed by atoms with van der Waals surface area (Å²) in [7, 11) is 3.99. The molecule has 2 aromatic heterocycles. The molecule has 4 aliphatic rings. The molecule has 1 saturated heterocycles. The maximum Gasteiger partial charge on any atom is 0.255 e. The molecule has 3 saturated carbocycles. The molecule has 7 nitrogen and oxygen atoms in total. The number of benzene rings is 1. The third-order valence-electron chi connectivity index (χ3n) is 10.2. The van der Waals surface area contributed by atoms with Crippen molar-refractivity contribution in [2.24, 2.45) is 30.7 Å². The first-order valence-electron chi connectivity index (χ1n) is 14.8. The highest BCUT2D eigenvalue weighted by Gasteiger charge is 2.46. The summed E-state index contributed by atoms with van der Waals surface area (Å²) in [5, 5.41) is 0. The van der Waals surface area contributed by atoms with Gasteiger partial charge in [-0.05, 0) is 86.0 Å². The van der Waals surface area contributed by atoms with Gasteiger partial charge in [0.25, 0.3) is 5.56 Å². The Morgan fingerprint density at radius 3 is 2.65 bits per heavy atom. The molecule has 3 bridgehead atoms. The molecule has 40 heavy (non-hydrogen) atoms. The minimum absolute atomic E-state index is 0.143. The summed E-state index contributed by atoms with van der Waals surface area (Å²) in [6, 6.07) is 12.4. The number of morpholine rings is 1. The number of fused-ring (bicyclic) bond motifs is 2. The highest BCUT2D eigenvalue weighted by Crippen LogP contribution is 2.54. The van der Waals surface area contributed by atoms with E-state index in [1.54, 1.807) is 13.1 Å². The summed E-state index contributed by atoms with van der Waals surface area (Å²) in [4.78, 5) is 25.9. The molecule has 0 N–H and O–H groups in total. The van der Waals surface area contributed by atoms with E-state index in [-0.39, 0.29) is 17.2 Å². The summed E-state index contributed by atoms with van der Waals surface area (Å²) in [5.41, 5.74) is 2.74. The smallest absolute Gasteiger partial charge is 0.255 e. The van der Waals surface area contributed by atoms with Crippen molar-refractivity contribution in [3.05, 3.63) is 70.5 Å². The van der Waals surface area contributed by atoms with E-state index in [0.717, 1.165) is 35.4 Å². The summed E-state index contributed by atoms with van der Waals surface area (Å²) >= 11 is 0. The van der Waals surface area contributed by atoms with E-state index in [2.05, 4.69) is 46.1 Å². The van der Waals surface area contributed by atoms with Crippen molar-refractivity contribution in [1.29, 1.82) is 0 Å². The number of pyridine rings is 1. The second-order valence-electron chi connectivity index (χ2n) is 12.4. The lowest BCUT2D eigenvalue weighted by Crippen LogP contribution is -2.42. The number of hydrogen-bond acceptors (Lipinski definition) is 6. The van der Waals surface area contributed by atoms with Gasteiger partial charge in [-0.1, -0.05) is 12.1 Å². The Hall–Kier alpha value is -3.26. The van der Waals surface area contributed by atoms with Crippen molar-refractivity contribution >= 4 is 11.6 Å². The quantitative estimate of drug-likeness (QED) is 0.440. The molecule has 3 heterocycles. The van der Waals surface area contributed by atoms with Crippen molar-refractivity contribution < 1.29 is 9.13 Å². The Bertz CT molecular complexity index is 1440. The molecule has 8 heteroatoms. The Morgan fingerprint density at radius 1 is 1.02 bits per heavy atom. The van der Waals surface area contributed by atoms with E-state index >= 15 is 0 Å². The molecular weight excluding hydrogens is 505 g/mol. The second-order valence-corrected chi connectivity index (χ2v) is 12.4. The molecule has 0 amide bonds. The van der Waals surface area contributed by atoms with Gasteiger partial charge in [0.15, 0.2) is 5.82 Å². The van der Waals surface area contributed by atoms with Crippen LogP contribution < -0.4 is 15.4 Å². The molecule has 1 aliphatic heterocycles. The molecule has 0 spiro atoms. The maximum absolute atomic E-state index is 14.4. The molecule has 3 aliphatic carbocycles. The van der Waals surface area contributed by atoms with Crippen molar-refractivity contribution in [2.45, 2.75) is 50.7 Å². The number of hydrogen-bond donors (Lipinski definition) is 0. The predicted molar refractivity (Wildman–Crippen MR) is 154 cm³/mol. The molecule has 4 fully saturated rings. The van der Waals surface area contributed by atoms with E-state index in [0.29, 0.717) is 37.4 Å². The van der Waals surface area contributed by atoms with Crippen LogP contribution >= 0.6 is 0 Å². The van der Waals surface area contributed by atoms with Crippen LogP contribution in [0.3, 0.4) is 0 Å². The van der Waals surface area contributed by atoms with Crippen molar-refractivity contribution in [3.8, 4) is 11.3 Å². The van der Waals surface area contributed by atoms with E-state index in [1.165, 1.54) is 61.0 Å². The fourth-order valence-corrected chi connectivity index (χ4v) is 8.21. The molecule has 0 radical (unpaired) electrons. The summed E-state index contributed by atoms with van der Waals surface area (Å²) < 4.78 is 22.1. The monoisotopic (exact) mass is 543 g/mol. The lowest BCUT2D eigenvalue weighted by atomic mass is 9.77. The van der Waals surface area contributed by atoms with Gasteiger partial charge in [-0.15, -0.1) is 0 Å². The lowest BCUT2D eigenvalue weighted by molar-refractivity contribution is 0.0390. The number of halogens is 1. The number of aromatic nitrogens is 3. The molecular formula is C32H38FN5O2. The van der Waals surface area contributed by atoms with Crippen LogP contribution in [0.2, 0.25) is 0 Å². The molecule has 7 rings (SSSR count). The standard InChI is InChI=1S/C32H38FN5O2/c1-36(29-8-5-22-13-20-14-23(22)16-24(29)15-20)25-6-3-21(4-7-25)30-19-38(11-12-40-30)32-35-28(17-31(39)37(32)2)26-9-10-34-18-27(26)33/h3-4,6-7,9-10,17-18,20,22-24,29-30H,5,8,11-16,19H2,1-2H3/t20?,22?,23?,24?,29?,30-/m1/s1. The zero-order valence-electron chi connectivity index (χ0n) is 23.4. The number of nitrogens with zero attached hydrogens (tertiary/aromatic N) is 5. The average molecular weight is 544 g/mol. The highest BCUT2D eigenvalue weighted by atomic mass is 19.1. The van der Waals surface area contributed by atoms with Crippen LogP contribution in [0.4, 0.5) is 16.0 Å². The highest BCUT2D eigenvalue weighted by molar-refractivity contribution is 5.60. The predicted octanol–water partition coefficient (Wildman–Crippen LogP) is 5.21. The van der Waals surface area contributed by atoms with Gasteiger partial charge in [0.05, 0.1) is 25.0 Å². The fraction of sp³-hybridized carbons (Fsp3) is 0.531. The molecule has 3 aromatic rings. The van der Waals surface area contributed by atoms with Gasteiger partial charge in [0, 0.05) is 50.2 Å². The summed E-state index contributed by atoms with van der Waals surface area (Å²) in [5.74, 6) is 3.77. The first-order valence-corrected chi connectivity index (χ1v) is 14.8. The van der Waals surface area contributed by atoms with Crippen LogP contribution in [0.1, 0.15) is 50.2 Å². The first kappa shape index (κ1) is 25.7. The molecule has 5 unspecified atom stereocenters. The van der Waals surface area contributed by atoms with Gasteiger partial charge < -0.3 is 14.5 Å². The van der Waals surface area contributed by atoms with Crippen LogP contribution in [0, 0.1) is 29.5 Å². The van der Waals surface area contributed by atoms with E-state index < -0.39 is 5.82 Å². The van der Waals surface area contributed by atoms with Crippen LogP contribution in [0.5, 0.6) is 0 Å². The van der Waals surface area contributed by atoms with Gasteiger partial charge in [0.2, 0.25) is 5.95 Å². The average Bonchev–Trinajstić information content (AvgIpc) is 3.19. The fourth-order valence-electron chi connectivity index (χ4n) is 8.21. The Kier molecular flexibility index (Phi) is 6.61. The maximum atomic E-state index is 14.4. The van der Waals surface area contributed by atoms with Gasteiger partial charge in [-0.25, -0.2) is 9.37 Å². The SMILES string of the molecule is CN(c1ccc([C@H]2CN(c3nc(-c4ccncc4F)cc(=O)n3C)CCO2)cc1)C1CCC2CC3CC2CC1C3. The Balaban J connectivity index is 1.08. The normalized spacial score (nSPS) is 29.4. The zero-order valence-corrected chi connectivity index (χ0v) is 23.4.